The molecule has 0 radical (unpaired) electrons. The maximum Gasteiger partial charge on any atom is 0.252 e. The Hall–Kier alpha value is -2.47. The summed E-state index contributed by atoms with van der Waals surface area (Å²) >= 11 is 1.35. The second-order valence-corrected chi connectivity index (χ2v) is 6.91. The number of carbonyl (C=O) groups excluding carboxylic acids is 1. The quantitative estimate of drug-likeness (QED) is 0.792. The molecule has 0 aliphatic heterocycles. The molecule has 2 heterocycles. The highest BCUT2D eigenvalue weighted by atomic mass is 32.1. The number of hydrogen-bond donors (Lipinski definition) is 1. The minimum atomic E-state index is -0.633. The monoisotopic (exact) mass is 341 g/mol. The molecule has 6 heteroatoms. The number of amides is 1. The van der Waals surface area contributed by atoms with Gasteiger partial charge in [-0.15, -0.1) is 11.3 Å². The van der Waals surface area contributed by atoms with Crippen molar-refractivity contribution in [3.05, 3.63) is 56.8 Å². The summed E-state index contributed by atoms with van der Waals surface area (Å²) in [6.07, 6.45) is 1.63. The summed E-state index contributed by atoms with van der Waals surface area (Å²) < 4.78 is 1.57. The van der Waals surface area contributed by atoms with Gasteiger partial charge in [-0.3, -0.25) is 14.2 Å². The molecule has 0 aliphatic carbocycles. The van der Waals surface area contributed by atoms with Gasteiger partial charge in [0, 0.05) is 23.0 Å². The zero-order chi connectivity index (χ0) is 17.4. The number of thiazole rings is 1. The lowest BCUT2D eigenvalue weighted by molar-refractivity contribution is -0.118. The van der Waals surface area contributed by atoms with Crippen LogP contribution < -0.4 is 10.9 Å². The number of aryl methyl sites for hydroxylation is 3. The highest BCUT2D eigenvalue weighted by molar-refractivity contribution is 7.13. The van der Waals surface area contributed by atoms with Crippen LogP contribution in [-0.2, 0) is 4.79 Å². The Labute approximate surface area is 144 Å². The topological polar surface area (TPSA) is 64.0 Å². The molecule has 1 atom stereocenters. The number of nitrogens with one attached hydrogen (secondary N) is 1. The minimum Gasteiger partial charge on any atom is -0.300 e. The van der Waals surface area contributed by atoms with Crippen molar-refractivity contribution >= 4 is 33.3 Å². The molecule has 2 aromatic heterocycles. The first-order valence-corrected chi connectivity index (χ1v) is 8.60. The predicted molar refractivity (Wildman–Crippen MR) is 97.9 cm³/mol. The molecular weight excluding hydrogens is 322 g/mol. The third-order valence-corrected chi connectivity index (χ3v) is 4.81. The number of rotatable bonds is 3. The van der Waals surface area contributed by atoms with E-state index in [1.807, 2.05) is 26.8 Å². The molecule has 1 N–H and O–H groups in total. The average molecular weight is 341 g/mol. The fourth-order valence-corrected chi connectivity index (χ4v) is 3.55. The number of aromatic nitrogens is 2. The molecule has 5 nitrogen and oxygen atoms in total. The molecule has 0 aliphatic rings. The molecule has 0 saturated carbocycles. The van der Waals surface area contributed by atoms with Crippen LogP contribution in [0.1, 0.15) is 29.7 Å². The van der Waals surface area contributed by atoms with Gasteiger partial charge in [0.2, 0.25) is 5.91 Å². The first-order chi connectivity index (χ1) is 11.4. The van der Waals surface area contributed by atoms with Crippen LogP contribution in [0, 0.1) is 20.8 Å². The molecule has 0 saturated heterocycles. The Bertz CT molecular complexity index is 974. The van der Waals surface area contributed by atoms with Crippen LogP contribution in [0.25, 0.3) is 10.9 Å². The van der Waals surface area contributed by atoms with Gasteiger partial charge in [-0.1, -0.05) is 11.6 Å². The van der Waals surface area contributed by atoms with Crippen molar-refractivity contribution in [3.8, 4) is 0 Å². The fourth-order valence-electron chi connectivity index (χ4n) is 3.02. The number of benzene rings is 1. The third kappa shape index (κ3) is 2.85. The van der Waals surface area contributed by atoms with Gasteiger partial charge in [0.05, 0.1) is 5.52 Å². The van der Waals surface area contributed by atoms with Gasteiger partial charge < -0.3 is 5.32 Å². The number of pyridine rings is 1. The van der Waals surface area contributed by atoms with Gasteiger partial charge in [0.1, 0.15) is 6.04 Å². The molecule has 0 spiro atoms. The molecule has 3 rings (SSSR count). The summed E-state index contributed by atoms with van der Waals surface area (Å²) in [6.45, 7) is 7.65. The number of nitrogens with zero attached hydrogens (tertiary/aromatic N) is 2. The zero-order valence-corrected chi connectivity index (χ0v) is 14.9. The van der Waals surface area contributed by atoms with E-state index in [1.54, 1.807) is 29.1 Å². The van der Waals surface area contributed by atoms with E-state index in [1.165, 1.54) is 11.3 Å². The summed E-state index contributed by atoms with van der Waals surface area (Å²) in [7, 11) is 0. The Morgan fingerprint density at radius 2 is 1.96 bits per heavy atom. The molecule has 1 aromatic carbocycles. The van der Waals surface area contributed by atoms with Crippen molar-refractivity contribution in [2.45, 2.75) is 33.7 Å². The van der Waals surface area contributed by atoms with Gasteiger partial charge in [0.25, 0.3) is 5.56 Å². The SMILES string of the molecule is Cc1cc(C)c2c(c1)c(C)cc(=O)n2C(C)C(=O)Nc1nccs1. The lowest BCUT2D eigenvalue weighted by Crippen LogP contribution is -2.32. The van der Waals surface area contributed by atoms with Crippen LogP contribution in [0.3, 0.4) is 0 Å². The van der Waals surface area contributed by atoms with Crippen molar-refractivity contribution in [2.75, 3.05) is 5.32 Å². The highest BCUT2D eigenvalue weighted by Crippen LogP contribution is 2.25. The van der Waals surface area contributed by atoms with E-state index in [4.69, 9.17) is 0 Å². The second kappa shape index (κ2) is 6.20. The van der Waals surface area contributed by atoms with Crippen LogP contribution in [0.2, 0.25) is 0 Å². The van der Waals surface area contributed by atoms with Crippen molar-refractivity contribution in [1.82, 2.24) is 9.55 Å². The first-order valence-electron chi connectivity index (χ1n) is 7.72. The first kappa shape index (κ1) is 16.4. The summed E-state index contributed by atoms with van der Waals surface area (Å²) in [4.78, 5) is 29.2. The molecule has 124 valence electrons. The van der Waals surface area contributed by atoms with Crippen LogP contribution in [0.15, 0.2) is 34.6 Å². The van der Waals surface area contributed by atoms with Crippen LogP contribution >= 0.6 is 11.3 Å². The van der Waals surface area contributed by atoms with Crippen LogP contribution in [-0.4, -0.2) is 15.5 Å². The largest absolute Gasteiger partial charge is 0.300 e. The molecular formula is C18H19N3O2S. The van der Waals surface area contributed by atoms with Gasteiger partial charge in [0.15, 0.2) is 5.13 Å². The highest BCUT2D eigenvalue weighted by Gasteiger charge is 2.21. The lowest BCUT2D eigenvalue weighted by atomic mass is 10.0. The summed E-state index contributed by atoms with van der Waals surface area (Å²) in [6, 6.07) is 5.04. The summed E-state index contributed by atoms with van der Waals surface area (Å²) in [5.74, 6) is -0.253. The average Bonchev–Trinajstić information content (AvgIpc) is 3.00. The van der Waals surface area contributed by atoms with Gasteiger partial charge >= 0.3 is 0 Å². The maximum absolute atomic E-state index is 12.6. The van der Waals surface area contributed by atoms with E-state index in [2.05, 4.69) is 16.4 Å². The lowest BCUT2D eigenvalue weighted by Gasteiger charge is -2.20. The van der Waals surface area contributed by atoms with Gasteiger partial charge in [-0.2, -0.15) is 0 Å². The summed E-state index contributed by atoms with van der Waals surface area (Å²) in [5.41, 5.74) is 3.68. The summed E-state index contributed by atoms with van der Waals surface area (Å²) in [5, 5.41) is 6.09. The third-order valence-electron chi connectivity index (χ3n) is 4.12. The Balaban J connectivity index is 2.15. The Kier molecular flexibility index (Phi) is 4.24. The van der Waals surface area contributed by atoms with Crippen LogP contribution in [0.5, 0.6) is 0 Å². The van der Waals surface area contributed by atoms with E-state index in [0.29, 0.717) is 5.13 Å². The number of carbonyl (C=O) groups is 1. The maximum atomic E-state index is 12.6. The number of fused-ring (bicyclic) bond motifs is 1. The zero-order valence-electron chi connectivity index (χ0n) is 14.1. The fraction of sp³-hybridized carbons (Fsp3) is 0.278. The van der Waals surface area contributed by atoms with Gasteiger partial charge in [-0.05, 0) is 44.9 Å². The predicted octanol–water partition coefficient (Wildman–Crippen LogP) is 3.58. The van der Waals surface area contributed by atoms with Crippen LogP contribution in [0.4, 0.5) is 5.13 Å². The molecule has 3 aromatic rings. The van der Waals surface area contributed by atoms with Crippen molar-refractivity contribution < 1.29 is 4.79 Å². The van der Waals surface area contributed by atoms with Crippen molar-refractivity contribution in [2.24, 2.45) is 0 Å². The molecule has 24 heavy (non-hydrogen) atoms. The Morgan fingerprint density at radius 3 is 2.62 bits per heavy atom. The molecule has 0 bridgehead atoms. The Morgan fingerprint density at radius 1 is 1.21 bits per heavy atom. The normalized spacial score (nSPS) is 12.3. The van der Waals surface area contributed by atoms with E-state index >= 15 is 0 Å². The number of hydrogen-bond acceptors (Lipinski definition) is 4. The van der Waals surface area contributed by atoms with E-state index in [-0.39, 0.29) is 11.5 Å². The molecule has 1 unspecified atom stereocenters. The van der Waals surface area contributed by atoms with Crippen molar-refractivity contribution in [3.63, 3.8) is 0 Å². The van der Waals surface area contributed by atoms with E-state index < -0.39 is 6.04 Å². The number of anilines is 1. The smallest absolute Gasteiger partial charge is 0.252 e. The molecule has 1 amide bonds. The minimum absolute atomic E-state index is 0.172. The molecule has 0 fully saturated rings. The van der Waals surface area contributed by atoms with Crippen molar-refractivity contribution in [1.29, 1.82) is 0 Å². The second-order valence-electron chi connectivity index (χ2n) is 6.02. The standard InChI is InChI=1S/C18H19N3O2S/c1-10-7-12(3)16-14(8-10)11(2)9-15(22)21(16)13(4)17(23)20-18-19-5-6-24-18/h5-9,13H,1-4H3,(H,19,20,23). The van der Waals surface area contributed by atoms with Gasteiger partial charge in [-0.25, -0.2) is 4.98 Å². The van der Waals surface area contributed by atoms with E-state index in [0.717, 1.165) is 27.6 Å². The van der Waals surface area contributed by atoms with E-state index in [9.17, 15) is 9.59 Å².